The van der Waals surface area contributed by atoms with Gasteiger partial charge in [0.2, 0.25) is 0 Å². The Hall–Kier alpha value is -2.34. The van der Waals surface area contributed by atoms with E-state index in [1.165, 1.54) is 33.0 Å². The summed E-state index contributed by atoms with van der Waals surface area (Å²) in [6.45, 7) is 0. The SMILES string of the molecule is C1=Cc2c(ccc3ccccc23)Cc2ccccc21. The van der Waals surface area contributed by atoms with Gasteiger partial charge in [-0.1, -0.05) is 72.8 Å². The van der Waals surface area contributed by atoms with E-state index in [4.69, 9.17) is 0 Å². The summed E-state index contributed by atoms with van der Waals surface area (Å²) >= 11 is 0. The molecule has 0 amide bonds. The minimum absolute atomic E-state index is 1.02. The standard InChI is InChI=1S/C19H14/c1-2-7-16-13-17-10-9-15-6-3-4-8-18(15)19(17)12-11-14(16)5-1/h1-12H,13H2. The molecule has 1 aliphatic carbocycles. The molecule has 1 aliphatic rings. The Bertz CT molecular complexity index is 794. The van der Waals surface area contributed by atoms with E-state index in [1.807, 2.05) is 0 Å². The van der Waals surface area contributed by atoms with Gasteiger partial charge in [0.25, 0.3) is 0 Å². The molecule has 19 heavy (non-hydrogen) atoms. The second kappa shape index (κ2) is 4.10. The number of fused-ring (bicyclic) bond motifs is 4. The summed E-state index contributed by atoms with van der Waals surface area (Å²) in [5.74, 6) is 0. The van der Waals surface area contributed by atoms with Crippen molar-refractivity contribution in [1.82, 2.24) is 0 Å². The first-order valence-electron chi connectivity index (χ1n) is 6.68. The Balaban J connectivity index is 2.01. The zero-order valence-corrected chi connectivity index (χ0v) is 10.6. The highest BCUT2D eigenvalue weighted by Crippen LogP contribution is 2.30. The van der Waals surface area contributed by atoms with Crippen LogP contribution in [-0.2, 0) is 6.42 Å². The molecule has 0 aliphatic heterocycles. The van der Waals surface area contributed by atoms with Crippen molar-refractivity contribution in [3.8, 4) is 0 Å². The summed E-state index contributed by atoms with van der Waals surface area (Å²) in [5, 5.41) is 2.67. The smallest absolute Gasteiger partial charge is 0.00137 e. The van der Waals surface area contributed by atoms with E-state index in [0.29, 0.717) is 0 Å². The molecular formula is C19H14. The van der Waals surface area contributed by atoms with E-state index >= 15 is 0 Å². The minimum Gasteiger partial charge on any atom is -0.0619 e. The zero-order chi connectivity index (χ0) is 12.7. The largest absolute Gasteiger partial charge is 0.0619 e. The van der Waals surface area contributed by atoms with E-state index in [0.717, 1.165) is 6.42 Å². The predicted octanol–water partition coefficient (Wildman–Crippen LogP) is 4.91. The first-order chi connectivity index (χ1) is 9.42. The van der Waals surface area contributed by atoms with Crippen LogP contribution in [0, 0.1) is 0 Å². The molecule has 3 aromatic carbocycles. The molecule has 0 N–H and O–H groups in total. The van der Waals surface area contributed by atoms with Crippen LogP contribution in [0.15, 0.2) is 60.7 Å². The summed E-state index contributed by atoms with van der Waals surface area (Å²) in [6, 6.07) is 21.8. The van der Waals surface area contributed by atoms with Gasteiger partial charge in [-0.3, -0.25) is 0 Å². The lowest BCUT2D eigenvalue weighted by Crippen LogP contribution is -1.92. The molecule has 0 nitrogen and oxygen atoms in total. The molecule has 0 radical (unpaired) electrons. The summed E-state index contributed by atoms with van der Waals surface area (Å²) in [6.07, 6.45) is 5.53. The summed E-state index contributed by atoms with van der Waals surface area (Å²) in [5.41, 5.74) is 5.53. The van der Waals surface area contributed by atoms with Gasteiger partial charge < -0.3 is 0 Å². The van der Waals surface area contributed by atoms with Gasteiger partial charge in [0.05, 0.1) is 0 Å². The van der Waals surface area contributed by atoms with Crippen LogP contribution in [0.5, 0.6) is 0 Å². The molecule has 0 bridgehead atoms. The van der Waals surface area contributed by atoms with Gasteiger partial charge in [0.1, 0.15) is 0 Å². The van der Waals surface area contributed by atoms with Crippen LogP contribution in [0.1, 0.15) is 22.3 Å². The molecule has 4 rings (SSSR count). The van der Waals surface area contributed by atoms with Crippen LogP contribution in [0.3, 0.4) is 0 Å². The van der Waals surface area contributed by atoms with E-state index < -0.39 is 0 Å². The minimum atomic E-state index is 1.02. The Kier molecular flexibility index (Phi) is 2.28. The van der Waals surface area contributed by atoms with E-state index in [1.54, 1.807) is 0 Å². The molecule has 0 spiro atoms. The molecule has 0 saturated carbocycles. The van der Waals surface area contributed by atoms with Crippen LogP contribution in [0.4, 0.5) is 0 Å². The molecule has 90 valence electrons. The quantitative estimate of drug-likeness (QED) is 0.411. The van der Waals surface area contributed by atoms with Gasteiger partial charge in [-0.05, 0) is 39.4 Å². The van der Waals surface area contributed by atoms with Crippen molar-refractivity contribution in [3.05, 3.63) is 82.9 Å². The number of hydrogen-bond acceptors (Lipinski definition) is 0. The fraction of sp³-hybridized carbons (Fsp3) is 0.0526. The second-order valence-electron chi connectivity index (χ2n) is 5.07. The van der Waals surface area contributed by atoms with Gasteiger partial charge in [-0.15, -0.1) is 0 Å². The Morgan fingerprint density at radius 1 is 0.632 bits per heavy atom. The second-order valence-corrected chi connectivity index (χ2v) is 5.07. The number of rotatable bonds is 0. The van der Waals surface area contributed by atoms with Gasteiger partial charge in [-0.2, -0.15) is 0 Å². The topological polar surface area (TPSA) is 0 Å². The van der Waals surface area contributed by atoms with Crippen LogP contribution in [-0.4, -0.2) is 0 Å². The van der Waals surface area contributed by atoms with Crippen LogP contribution < -0.4 is 0 Å². The third-order valence-electron chi connectivity index (χ3n) is 3.93. The van der Waals surface area contributed by atoms with E-state index in [-0.39, 0.29) is 0 Å². The highest BCUT2D eigenvalue weighted by molar-refractivity contribution is 5.95. The lowest BCUT2D eigenvalue weighted by Gasteiger charge is -2.09. The maximum Gasteiger partial charge on any atom is -0.00137 e. The normalized spacial score (nSPS) is 12.8. The van der Waals surface area contributed by atoms with Crippen molar-refractivity contribution >= 4 is 22.9 Å². The first kappa shape index (κ1) is 10.6. The first-order valence-corrected chi connectivity index (χ1v) is 6.68. The van der Waals surface area contributed by atoms with Crippen LogP contribution >= 0.6 is 0 Å². The van der Waals surface area contributed by atoms with Crippen molar-refractivity contribution in [2.24, 2.45) is 0 Å². The summed E-state index contributed by atoms with van der Waals surface area (Å²) < 4.78 is 0. The number of benzene rings is 3. The Labute approximate surface area is 113 Å². The van der Waals surface area contributed by atoms with Gasteiger partial charge in [-0.25, -0.2) is 0 Å². The summed E-state index contributed by atoms with van der Waals surface area (Å²) in [4.78, 5) is 0. The molecule has 0 fully saturated rings. The highest BCUT2D eigenvalue weighted by Gasteiger charge is 2.10. The maximum atomic E-state index is 2.27. The Morgan fingerprint density at radius 3 is 2.47 bits per heavy atom. The van der Waals surface area contributed by atoms with Crippen molar-refractivity contribution < 1.29 is 0 Å². The molecule has 0 heterocycles. The molecule has 0 atom stereocenters. The van der Waals surface area contributed by atoms with Crippen molar-refractivity contribution in [3.63, 3.8) is 0 Å². The molecule has 0 heteroatoms. The summed E-state index contributed by atoms with van der Waals surface area (Å²) in [7, 11) is 0. The maximum absolute atomic E-state index is 2.27. The lowest BCUT2D eigenvalue weighted by molar-refractivity contribution is 1.19. The lowest BCUT2D eigenvalue weighted by atomic mass is 9.95. The predicted molar refractivity (Wildman–Crippen MR) is 82.1 cm³/mol. The fourth-order valence-electron chi connectivity index (χ4n) is 2.93. The van der Waals surface area contributed by atoms with Crippen LogP contribution in [0.25, 0.3) is 22.9 Å². The fourth-order valence-corrected chi connectivity index (χ4v) is 2.93. The third kappa shape index (κ3) is 1.68. The van der Waals surface area contributed by atoms with Crippen molar-refractivity contribution in [2.75, 3.05) is 0 Å². The molecule has 0 saturated heterocycles. The average Bonchev–Trinajstić information content (AvgIpc) is 2.66. The monoisotopic (exact) mass is 242 g/mol. The van der Waals surface area contributed by atoms with Gasteiger partial charge in [0, 0.05) is 0 Å². The van der Waals surface area contributed by atoms with Crippen LogP contribution in [0.2, 0.25) is 0 Å². The Morgan fingerprint density at radius 2 is 1.47 bits per heavy atom. The van der Waals surface area contributed by atoms with E-state index in [2.05, 4.69) is 72.8 Å². The highest BCUT2D eigenvalue weighted by atomic mass is 14.1. The van der Waals surface area contributed by atoms with Gasteiger partial charge >= 0.3 is 0 Å². The average molecular weight is 242 g/mol. The molecule has 0 unspecified atom stereocenters. The van der Waals surface area contributed by atoms with E-state index in [9.17, 15) is 0 Å². The number of hydrogen-bond donors (Lipinski definition) is 0. The molecule has 0 aromatic heterocycles. The van der Waals surface area contributed by atoms with Crippen molar-refractivity contribution in [2.45, 2.75) is 6.42 Å². The zero-order valence-electron chi connectivity index (χ0n) is 10.6. The molecular weight excluding hydrogens is 228 g/mol. The third-order valence-corrected chi connectivity index (χ3v) is 3.93. The molecule has 3 aromatic rings. The van der Waals surface area contributed by atoms with Gasteiger partial charge in [0.15, 0.2) is 0 Å². The van der Waals surface area contributed by atoms with Crippen molar-refractivity contribution in [1.29, 1.82) is 0 Å².